The topological polar surface area (TPSA) is 59.3 Å². The molecule has 0 bridgehead atoms. The van der Waals surface area contributed by atoms with Crippen LogP contribution in [0, 0.1) is 11.6 Å². The van der Waals surface area contributed by atoms with Crippen LogP contribution in [0.25, 0.3) is 0 Å². The van der Waals surface area contributed by atoms with Crippen molar-refractivity contribution in [2.24, 2.45) is 0 Å². The van der Waals surface area contributed by atoms with Crippen molar-refractivity contribution in [1.82, 2.24) is 0 Å². The van der Waals surface area contributed by atoms with Gasteiger partial charge in [-0.05, 0) is 24.3 Å². The van der Waals surface area contributed by atoms with Crippen LogP contribution in [-0.2, 0) is 16.2 Å². The summed E-state index contributed by atoms with van der Waals surface area (Å²) in [7, 11) is -4.57. The van der Waals surface area contributed by atoms with Crippen molar-refractivity contribution in [3.8, 4) is 0 Å². The van der Waals surface area contributed by atoms with E-state index in [0.717, 1.165) is 12.1 Å². The summed E-state index contributed by atoms with van der Waals surface area (Å²) in [6, 6.07) is 2.99. The molecule has 1 aromatic carbocycles. The fraction of sp³-hybridized carbons (Fsp3) is 0.0909. The highest BCUT2D eigenvalue weighted by Crippen LogP contribution is 2.32. The minimum atomic E-state index is -4.85. The number of sulfonamides is 1. The molecule has 2 rings (SSSR count). The number of alkyl halides is 3. The van der Waals surface area contributed by atoms with Gasteiger partial charge in [-0.3, -0.25) is 4.72 Å². The third-order valence-corrected chi connectivity index (χ3v) is 3.54. The van der Waals surface area contributed by atoms with Crippen molar-refractivity contribution < 1.29 is 34.8 Å². The van der Waals surface area contributed by atoms with Gasteiger partial charge in [-0.1, -0.05) is 0 Å². The Morgan fingerprint density at radius 2 is 1.71 bits per heavy atom. The number of hydrogen-bond acceptors (Lipinski definition) is 3. The molecule has 0 radical (unpaired) electrons. The SMILES string of the molecule is O=S(=O)(Nc1ccc(F)cc1F)c1ccc(C(F)(F)F)o1. The van der Waals surface area contributed by atoms with Crippen LogP contribution in [0.3, 0.4) is 0 Å². The van der Waals surface area contributed by atoms with Crippen LogP contribution in [0.4, 0.5) is 27.6 Å². The third kappa shape index (κ3) is 3.32. The largest absolute Gasteiger partial charge is 0.449 e. The molecule has 1 N–H and O–H groups in total. The van der Waals surface area contributed by atoms with Crippen molar-refractivity contribution >= 4 is 15.7 Å². The van der Waals surface area contributed by atoms with Crippen LogP contribution in [0.1, 0.15) is 5.76 Å². The van der Waals surface area contributed by atoms with Crippen molar-refractivity contribution in [2.45, 2.75) is 11.3 Å². The Bertz CT molecular complexity index is 766. The molecule has 0 atom stereocenters. The van der Waals surface area contributed by atoms with Gasteiger partial charge in [-0.15, -0.1) is 0 Å². The van der Waals surface area contributed by atoms with Crippen molar-refractivity contribution in [3.63, 3.8) is 0 Å². The number of halogens is 5. The minimum Gasteiger partial charge on any atom is -0.438 e. The van der Waals surface area contributed by atoms with Gasteiger partial charge >= 0.3 is 6.18 Å². The van der Waals surface area contributed by atoms with Crippen molar-refractivity contribution in [1.29, 1.82) is 0 Å². The molecule has 4 nitrogen and oxygen atoms in total. The first-order valence-corrected chi connectivity index (χ1v) is 6.73. The summed E-state index contributed by atoms with van der Waals surface area (Å²) in [4.78, 5) is 0. The lowest BCUT2D eigenvalue weighted by atomic mass is 10.3. The molecule has 10 heteroatoms. The molecule has 2 aromatic rings. The zero-order valence-corrected chi connectivity index (χ0v) is 10.7. The summed E-state index contributed by atoms with van der Waals surface area (Å²) in [6.07, 6.45) is -4.85. The Morgan fingerprint density at radius 1 is 1.05 bits per heavy atom. The molecule has 114 valence electrons. The standard InChI is InChI=1S/C11H6F5NO3S/c12-6-1-2-8(7(13)5-6)17-21(18,19)10-4-3-9(20-10)11(14,15)16/h1-5,17H. The van der Waals surface area contributed by atoms with Crippen LogP contribution in [0.5, 0.6) is 0 Å². The van der Waals surface area contributed by atoms with E-state index >= 15 is 0 Å². The van der Waals surface area contributed by atoms with Crippen LogP contribution >= 0.6 is 0 Å². The molecule has 1 aromatic heterocycles. The molecule has 0 saturated heterocycles. The highest BCUT2D eigenvalue weighted by molar-refractivity contribution is 7.92. The summed E-state index contributed by atoms with van der Waals surface area (Å²) in [5.41, 5.74) is -0.624. The average molecular weight is 327 g/mol. The number of benzene rings is 1. The summed E-state index contributed by atoms with van der Waals surface area (Å²) in [5, 5.41) is -1.04. The van der Waals surface area contributed by atoms with Crippen molar-refractivity contribution in [3.05, 3.63) is 47.7 Å². The second kappa shape index (κ2) is 5.02. The predicted molar refractivity (Wildman–Crippen MR) is 60.9 cm³/mol. The lowest BCUT2D eigenvalue weighted by Crippen LogP contribution is -2.13. The quantitative estimate of drug-likeness (QED) is 0.879. The molecular weight excluding hydrogens is 321 g/mol. The first kappa shape index (κ1) is 15.3. The van der Waals surface area contributed by atoms with E-state index in [1.165, 1.54) is 0 Å². The van der Waals surface area contributed by atoms with Crippen LogP contribution in [0.15, 0.2) is 39.8 Å². The molecule has 0 fully saturated rings. The predicted octanol–water partition coefficient (Wildman–Crippen LogP) is 3.38. The van der Waals surface area contributed by atoms with E-state index in [9.17, 15) is 30.4 Å². The van der Waals surface area contributed by atoms with Crippen LogP contribution in [0.2, 0.25) is 0 Å². The maximum atomic E-state index is 13.3. The monoisotopic (exact) mass is 327 g/mol. The van der Waals surface area contributed by atoms with Gasteiger partial charge in [0, 0.05) is 6.07 Å². The van der Waals surface area contributed by atoms with Gasteiger partial charge in [0.1, 0.15) is 11.6 Å². The second-order valence-electron chi connectivity index (χ2n) is 3.85. The molecular formula is C11H6F5NO3S. The highest BCUT2D eigenvalue weighted by atomic mass is 32.2. The van der Waals surface area contributed by atoms with Gasteiger partial charge < -0.3 is 4.42 Å². The number of furan rings is 1. The van der Waals surface area contributed by atoms with Gasteiger partial charge in [0.25, 0.3) is 10.0 Å². The lowest BCUT2D eigenvalue weighted by Gasteiger charge is -2.07. The van der Waals surface area contributed by atoms with Crippen LogP contribution < -0.4 is 4.72 Å². The number of anilines is 1. The maximum Gasteiger partial charge on any atom is 0.449 e. The average Bonchev–Trinajstić information content (AvgIpc) is 2.82. The van der Waals surface area contributed by atoms with Gasteiger partial charge in [0.05, 0.1) is 5.69 Å². The number of nitrogens with one attached hydrogen (secondary N) is 1. The minimum absolute atomic E-state index is 0.418. The first-order chi connectivity index (χ1) is 9.59. The Balaban J connectivity index is 2.32. The summed E-state index contributed by atoms with van der Waals surface area (Å²) < 4.78 is 92.3. The van der Waals surface area contributed by atoms with E-state index in [1.807, 2.05) is 0 Å². The maximum absolute atomic E-state index is 13.3. The zero-order chi connectivity index (χ0) is 15.8. The van der Waals surface area contributed by atoms with Gasteiger partial charge in [0.15, 0.2) is 0 Å². The molecule has 1 heterocycles. The van der Waals surface area contributed by atoms with Crippen molar-refractivity contribution in [2.75, 3.05) is 4.72 Å². The fourth-order valence-corrected chi connectivity index (χ4v) is 2.39. The molecule has 0 saturated carbocycles. The molecule has 0 aliphatic carbocycles. The zero-order valence-electron chi connectivity index (χ0n) is 9.91. The van der Waals surface area contributed by atoms with E-state index in [1.54, 1.807) is 4.72 Å². The van der Waals surface area contributed by atoms with Gasteiger partial charge in [-0.25, -0.2) is 8.78 Å². The Hall–Kier alpha value is -2.10. The van der Waals surface area contributed by atoms with E-state index in [0.29, 0.717) is 18.2 Å². The van der Waals surface area contributed by atoms with Gasteiger partial charge in [-0.2, -0.15) is 21.6 Å². The second-order valence-corrected chi connectivity index (χ2v) is 5.46. The fourth-order valence-electron chi connectivity index (χ4n) is 1.38. The molecule has 0 aliphatic heterocycles. The molecule has 0 unspecified atom stereocenters. The Morgan fingerprint density at radius 3 is 2.24 bits per heavy atom. The normalized spacial score (nSPS) is 12.4. The summed E-state index contributed by atoms with van der Waals surface area (Å²) in [5.74, 6) is -3.67. The number of hydrogen-bond donors (Lipinski definition) is 1. The van der Waals surface area contributed by atoms with E-state index < -0.39 is 44.4 Å². The molecule has 0 amide bonds. The summed E-state index contributed by atoms with van der Waals surface area (Å²) in [6.45, 7) is 0. The van der Waals surface area contributed by atoms with E-state index in [4.69, 9.17) is 0 Å². The van der Waals surface area contributed by atoms with E-state index in [2.05, 4.69) is 4.42 Å². The van der Waals surface area contributed by atoms with Crippen LogP contribution in [-0.4, -0.2) is 8.42 Å². The smallest absolute Gasteiger partial charge is 0.438 e. The third-order valence-electron chi connectivity index (χ3n) is 2.30. The molecule has 21 heavy (non-hydrogen) atoms. The first-order valence-electron chi connectivity index (χ1n) is 5.24. The van der Waals surface area contributed by atoms with E-state index in [-0.39, 0.29) is 0 Å². The summed E-state index contributed by atoms with van der Waals surface area (Å²) >= 11 is 0. The lowest BCUT2D eigenvalue weighted by molar-refractivity contribution is -0.154. The Labute approximate surface area is 115 Å². The van der Waals surface area contributed by atoms with Gasteiger partial charge in [0.2, 0.25) is 10.9 Å². The highest BCUT2D eigenvalue weighted by Gasteiger charge is 2.36. The molecule has 0 spiro atoms. The number of rotatable bonds is 3. The Kier molecular flexibility index (Phi) is 3.66. The molecule has 0 aliphatic rings.